The predicted molar refractivity (Wildman–Crippen MR) is 94.4 cm³/mol. The van der Waals surface area contributed by atoms with Crippen molar-refractivity contribution in [2.45, 2.75) is 38.9 Å². The van der Waals surface area contributed by atoms with E-state index in [0.29, 0.717) is 5.69 Å². The molecule has 5 N–H and O–H groups in total. The van der Waals surface area contributed by atoms with E-state index in [0.717, 1.165) is 11.7 Å². The Hall–Kier alpha value is -1.78. The Morgan fingerprint density at radius 1 is 1.12 bits per heavy atom. The number of primary amides is 2. The third kappa shape index (κ3) is 5.70. The lowest BCUT2D eigenvalue weighted by atomic mass is 9.79. The summed E-state index contributed by atoms with van der Waals surface area (Å²) in [5.74, 6) is 0. The first kappa shape index (κ1) is 20.3. The average molecular weight is 357 g/mol. The van der Waals surface area contributed by atoms with E-state index < -0.39 is 34.4 Å². The summed E-state index contributed by atoms with van der Waals surface area (Å²) < 4.78 is 36.9. The monoisotopic (exact) mass is 357 g/mol. The van der Waals surface area contributed by atoms with Gasteiger partial charge in [0, 0.05) is 5.69 Å². The van der Waals surface area contributed by atoms with Gasteiger partial charge in [0.15, 0.2) is 0 Å². The molecule has 8 nitrogen and oxygen atoms in total. The molecule has 2 rings (SSSR count). The summed E-state index contributed by atoms with van der Waals surface area (Å²) in [6.07, 6.45) is 1.12. The molecule has 2 amide bonds. The SMILES string of the molecule is CC1(C)OB(c2cccc(NS(C)(=O)=O)c2)OC1(C)C.NC(N)=O. The number of hydrogen-bond acceptors (Lipinski definition) is 5. The first-order valence-corrected chi connectivity index (χ1v) is 9.11. The van der Waals surface area contributed by atoms with Gasteiger partial charge in [-0.1, -0.05) is 12.1 Å². The summed E-state index contributed by atoms with van der Waals surface area (Å²) >= 11 is 0. The normalized spacial score (nSPS) is 18.5. The van der Waals surface area contributed by atoms with Gasteiger partial charge in [0.1, 0.15) is 0 Å². The molecule has 134 valence electrons. The molecule has 0 unspecified atom stereocenters. The molecule has 0 atom stereocenters. The zero-order chi connectivity index (χ0) is 18.8. The molecular weight excluding hydrogens is 333 g/mol. The van der Waals surface area contributed by atoms with E-state index >= 15 is 0 Å². The third-order valence-electron chi connectivity index (χ3n) is 3.72. The summed E-state index contributed by atoms with van der Waals surface area (Å²) in [7, 11) is -3.79. The fraction of sp³-hybridized carbons (Fsp3) is 0.500. The second-order valence-corrected chi connectivity index (χ2v) is 8.24. The first-order chi connectivity index (χ1) is 10.7. The Labute approximate surface area is 143 Å². The van der Waals surface area contributed by atoms with Crippen LogP contribution in [0.25, 0.3) is 0 Å². The van der Waals surface area contributed by atoms with Crippen LogP contribution >= 0.6 is 0 Å². The van der Waals surface area contributed by atoms with Gasteiger partial charge >= 0.3 is 13.1 Å². The van der Waals surface area contributed by atoms with Crippen molar-refractivity contribution >= 4 is 34.3 Å². The molecule has 0 bridgehead atoms. The molecule has 1 aromatic rings. The largest absolute Gasteiger partial charge is 0.494 e. The van der Waals surface area contributed by atoms with Gasteiger partial charge in [-0.2, -0.15) is 0 Å². The number of sulfonamides is 1. The highest BCUT2D eigenvalue weighted by Gasteiger charge is 2.51. The summed E-state index contributed by atoms with van der Waals surface area (Å²) in [4.78, 5) is 9.00. The minimum Gasteiger partial charge on any atom is -0.399 e. The number of carbonyl (C=O) groups is 1. The number of anilines is 1. The molecule has 0 radical (unpaired) electrons. The molecule has 10 heteroatoms. The van der Waals surface area contributed by atoms with Gasteiger partial charge in [0.2, 0.25) is 10.0 Å². The molecule has 0 aliphatic carbocycles. The molecule has 1 fully saturated rings. The molecule has 1 saturated heterocycles. The Balaban J connectivity index is 0.000000648. The number of nitrogens with two attached hydrogens (primary N) is 2. The Kier molecular flexibility index (Phi) is 5.91. The van der Waals surface area contributed by atoms with Crippen LogP contribution in [0, 0.1) is 0 Å². The highest BCUT2D eigenvalue weighted by molar-refractivity contribution is 7.92. The molecule has 0 spiro atoms. The number of rotatable bonds is 3. The fourth-order valence-corrected chi connectivity index (χ4v) is 2.50. The van der Waals surface area contributed by atoms with Crippen molar-refractivity contribution in [3.05, 3.63) is 24.3 Å². The Morgan fingerprint density at radius 3 is 2.00 bits per heavy atom. The lowest BCUT2D eigenvalue weighted by molar-refractivity contribution is 0.00578. The summed E-state index contributed by atoms with van der Waals surface area (Å²) in [5, 5.41) is 0. The van der Waals surface area contributed by atoms with Crippen LogP contribution in [0.5, 0.6) is 0 Å². The second-order valence-electron chi connectivity index (χ2n) is 6.49. The van der Waals surface area contributed by atoms with Gasteiger partial charge in [0.05, 0.1) is 17.5 Å². The quantitative estimate of drug-likeness (QED) is 0.673. The van der Waals surface area contributed by atoms with Crippen molar-refractivity contribution in [1.29, 1.82) is 0 Å². The average Bonchev–Trinajstić information content (AvgIpc) is 2.56. The van der Waals surface area contributed by atoms with Crippen LogP contribution in [0.4, 0.5) is 10.5 Å². The van der Waals surface area contributed by atoms with Crippen molar-refractivity contribution in [1.82, 2.24) is 0 Å². The summed E-state index contributed by atoms with van der Waals surface area (Å²) in [6, 6.07) is 6.21. The number of benzene rings is 1. The molecule has 0 aromatic heterocycles. The number of hydrogen-bond donors (Lipinski definition) is 3. The van der Waals surface area contributed by atoms with Crippen LogP contribution in [0.3, 0.4) is 0 Å². The van der Waals surface area contributed by atoms with Crippen LogP contribution in [0.15, 0.2) is 24.3 Å². The lowest BCUT2D eigenvalue weighted by Crippen LogP contribution is -2.41. The Morgan fingerprint density at radius 2 is 1.58 bits per heavy atom. The molecule has 1 aliphatic rings. The summed E-state index contributed by atoms with van der Waals surface area (Å²) in [5.41, 5.74) is 8.95. The molecule has 1 aromatic carbocycles. The van der Waals surface area contributed by atoms with E-state index in [4.69, 9.17) is 14.1 Å². The number of carbonyl (C=O) groups excluding carboxylic acids is 1. The molecular formula is C14H24BN3O5S. The third-order valence-corrected chi connectivity index (χ3v) is 4.32. The van der Waals surface area contributed by atoms with Crippen LogP contribution < -0.4 is 21.7 Å². The van der Waals surface area contributed by atoms with E-state index in [9.17, 15) is 8.42 Å². The van der Waals surface area contributed by atoms with Crippen LogP contribution in [-0.2, 0) is 19.3 Å². The molecule has 24 heavy (non-hydrogen) atoms. The van der Waals surface area contributed by atoms with Crippen LogP contribution in [0.2, 0.25) is 0 Å². The van der Waals surface area contributed by atoms with Crippen molar-refractivity contribution in [2.24, 2.45) is 11.5 Å². The van der Waals surface area contributed by atoms with E-state index in [1.54, 1.807) is 18.2 Å². The standard InChI is InChI=1S/C13H20BNO4S.CH4N2O/c1-12(2)13(3,4)19-14(18-12)10-7-6-8-11(9-10)15-20(5,16)17;2-1(3)4/h6-9,15H,1-5H3;(H4,2,3,4). The molecule has 0 saturated carbocycles. The highest BCUT2D eigenvalue weighted by atomic mass is 32.2. The molecule has 1 aliphatic heterocycles. The predicted octanol–water partition coefficient (Wildman–Crippen LogP) is 0.381. The smallest absolute Gasteiger partial charge is 0.399 e. The van der Waals surface area contributed by atoms with Gasteiger partial charge in [-0.15, -0.1) is 0 Å². The van der Waals surface area contributed by atoms with Gasteiger partial charge in [0.25, 0.3) is 0 Å². The maximum atomic E-state index is 11.3. The van der Waals surface area contributed by atoms with Crippen molar-refractivity contribution in [3.8, 4) is 0 Å². The van der Waals surface area contributed by atoms with E-state index in [2.05, 4.69) is 16.2 Å². The highest BCUT2D eigenvalue weighted by Crippen LogP contribution is 2.36. The number of nitrogens with one attached hydrogen (secondary N) is 1. The van der Waals surface area contributed by atoms with E-state index in [1.165, 1.54) is 0 Å². The topological polar surface area (TPSA) is 134 Å². The molecule has 1 heterocycles. The minimum atomic E-state index is -3.29. The van der Waals surface area contributed by atoms with E-state index in [1.807, 2.05) is 33.8 Å². The van der Waals surface area contributed by atoms with Crippen molar-refractivity contribution in [2.75, 3.05) is 11.0 Å². The van der Waals surface area contributed by atoms with Gasteiger partial charge in [-0.05, 0) is 45.3 Å². The number of urea groups is 1. The minimum absolute atomic E-state index is 0.419. The van der Waals surface area contributed by atoms with Crippen LogP contribution in [0.1, 0.15) is 27.7 Å². The fourth-order valence-electron chi connectivity index (χ4n) is 1.94. The van der Waals surface area contributed by atoms with Gasteiger partial charge in [-0.25, -0.2) is 13.2 Å². The van der Waals surface area contributed by atoms with Gasteiger partial charge < -0.3 is 20.8 Å². The first-order valence-electron chi connectivity index (χ1n) is 7.22. The van der Waals surface area contributed by atoms with Crippen molar-refractivity contribution in [3.63, 3.8) is 0 Å². The maximum absolute atomic E-state index is 11.3. The second kappa shape index (κ2) is 7.00. The zero-order valence-corrected chi connectivity index (χ0v) is 15.3. The van der Waals surface area contributed by atoms with Crippen molar-refractivity contribution < 1.29 is 22.5 Å². The zero-order valence-electron chi connectivity index (χ0n) is 14.5. The number of amides is 2. The van der Waals surface area contributed by atoms with Gasteiger partial charge in [-0.3, -0.25) is 4.72 Å². The lowest BCUT2D eigenvalue weighted by Gasteiger charge is -2.32. The van der Waals surface area contributed by atoms with Crippen LogP contribution in [-0.4, -0.2) is 39.0 Å². The Bertz CT molecular complexity index is 686. The maximum Gasteiger partial charge on any atom is 0.494 e. The summed E-state index contributed by atoms with van der Waals surface area (Å²) in [6.45, 7) is 7.91. The van der Waals surface area contributed by atoms with E-state index in [-0.39, 0.29) is 0 Å².